The van der Waals surface area contributed by atoms with Crippen LogP contribution in [0.15, 0.2) is 23.0 Å². The normalized spacial score (nSPS) is 22.2. The van der Waals surface area contributed by atoms with Crippen LogP contribution in [-0.4, -0.2) is 68.1 Å². The minimum absolute atomic E-state index is 0.207. The highest BCUT2D eigenvalue weighted by Gasteiger charge is 2.25. The van der Waals surface area contributed by atoms with Gasteiger partial charge in [-0.1, -0.05) is 5.21 Å². The van der Waals surface area contributed by atoms with Gasteiger partial charge in [0.15, 0.2) is 0 Å². The van der Waals surface area contributed by atoms with Gasteiger partial charge in [0.1, 0.15) is 0 Å². The monoisotopic (exact) mass is 375 g/mol. The fourth-order valence-corrected chi connectivity index (χ4v) is 4.48. The number of aliphatic hydroxyl groups excluding tert-OH is 1. The summed E-state index contributed by atoms with van der Waals surface area (Å²) in [6.45, 7) is 3.94. The summed E-state index contributed by atoms with van der Waals surface area (Å²) in [5.41, 5.74) is 2.06. The van der Waals surface area contributed by atoms with Gasteiger partial charge in [-0.05, 0) is 41.7 Å². The summed E-state index contributed by atoms with van der Waals surface area (Å²) in [5.74, 6) is 0.216. The molecule has 2 fully saturated rings. The van der Waals surface area contributed by atoms with Crippen LogP contribution in [-0.2, 0) is 17.8 Å². The SMILES string of the molecule is O=C(Cc1ccsc1)N1CCC(n2cc(CN3CC[C@@H](O)C3)nn2)CC1. The lowest BCUT2D eigenvalue weighted by molar-refractivity contribution is -0.131. The van der Waals surface area contributed by atoms with E-state index in [1.54, 1.807) is 11.3 Å². The van der Waals surface area contributed by atoms with Gasteiger partial charge in [0.25, 0.3) is 0 Å². The molecule has 1 atom stereocenters. The zero-order chi connectivity index (χ0) is 17.9. The number of hydrogen-bond donors (Lipinski definition) is 1. The molecule has 2 aliphatic rings. The molecule has 0 spiro atoms. The number of rotatable bonds is 5. The molecule has 1 amide bonds. The van der Waals surface area contributed by atoms with Crippen molar-refractivity contribution >= 4 is 17.2 Å². The first kappa shape index (κ1) is 17.6. The van der Waals surface area contributed by atoms with E-state index in [1.807, 2.05) is 32.6 Å². The van der Waals surface area contributed by atoms with Crippen molar-refractivity contribution in [2.24, 2.45) is 0 Å². The Morgan fingerprint density at radius 3 is 2.81 bits per heavy atom. The number of carbonyl (C=O) groups is 1. The summed E-state index contributed by atoms with van der Waals surface area (Å²) in [5, 5.41) is 22.3. The summed E-state index contributed by atoms with van der Waals surface area (Å²) in [6, 6.07) is 2.33. The summed E-state index contributed by atoms with van der Waals surface area (Å²) in [4.78, 5) is 16.6. The van der Waals surface area contributed by atoms with Gasteiger partial charge in [-0.3, -0.25) is 9.69 Å². The van der Waals surface area contributed by atoms with Gasteiger partial charge in [0.05, 0.1) is 30.5 Å². The molecule has 0 aliphatic carbocycles. The maximum absolute atomic E-state index is 12.4. The van der Waals surface area contributed by atoms with E-state index in [1.165, 1.54) is 0 Å². The molecule has 1 N–H and O–H groups in total. The van der Waals surface area contributed by atoms with Gasteiger partial charge in [0, 0.05) is 32.7 Å². The van der Waals surface area contributed by atoms with Crippen LogP contribution in [0.5, 0.6) is 0 Å². The largest absolute Gasteiger partial charge is 0.392 e. The predicted molar refractivity (Wildman–Crippen MR) is 98.8 cm³/mol. The maximum Gasteiger partial charge on any atom is 0.227 e. The zero-order valence-corrected chi connectivity index (χ0v) is 15.6. The Morgan fingerprint density at radius 1 is 1.27 bits per heavy atom. The number of β-amino-alcohol motifs (C(OH)–C–C–N with tert-alkyl or cyclic N) is 1. The predicted octanol–water partition coefficient (Wildman–Crippen LogP) is 1.31. The number of aromatic nitrogens is 3. The molecule has 4 rings (SSSR count). The van der Waals surface area contributed by atoms with E-state index in [0.29, 0.717) is 12.5 Å². The molecule has 0 aromatic carbocycles. The van der Waals surface area contributed by atoms with Crippen LogP contribution in [0.2, 0.25) is 0 Å². The summed E-state index contributed by atoms with van der Waals surface area (Å²) >= 11 is 1.63. The number of hydrogen-bond acceptors (Lipinski definition) is 6. The molecule has 8 heteroatoms. The van der Waals surface area contributed by atoms with Crippen molar-refractivity contribution in [3.63, 3.8) is 0 Å². The molecule has 2 aromatic heterocycles. The van der Waals surface area contributed by atoms with Crippen LogP contribution < -0.4 is 0 Å². The second kappa shape index (κ2) is 7.85. The van der Waals surface area contributed by atoms with E-state index in [0.717, 1.165) is 63.2 Å². The lowest BCUT2D eigenvalue weighted by Gasteiger charge is -2.31. The molecule has 0 unspecified atom stereocenters. The first-order chi connectivity index (χ1) is 12.7. The lowest BCUT2D eigenvalue weighted by atomic mass is 10.0. The molecule has 0 bridgehead atoms. The Kier molecular flexibility index (Phi) is 5.33. The first-order valence-electron chi connectivity index (χ1n) is 9.27. The topological polar surface area (TPSA) is 74.5 Å². The molecular formula is C18H25N5O2S. The molecule has 26 heavy (non-hydrogen) atoms. The van der Waals surface area contributed by atoms with Crippen LogP contribution in [0.4, 0.5) is 0 Å². The molecule has 2 aromatic rings. The summed E-state index contributed by atoms with van der Waals surface area (Å²) < 4.78 is 1.96. The van der Waals surface area contributed by atoms with E-state index in [-0.39, 0.29) is 12.0 Å². The van der Waals surface area contributed by atoms with Crippen molar-refractivity contribution in [2.75, 3.05) is 26.2 Å². The molecule has 7 nitrogen and oxygen atoms in total. The maximum atomic E-state index is 12.4. The Labute approximate surface area is 157 Å². The molecule has 2 saturated heterocycles. The molecule has 140 valence electrons. The third-order valence-corrected chi connectivity index (χ3v) is 6.05. The van der Waals surface area contributed by atoms with Crippen LogP contribution in [0.25, 0.3) is 0 Å². The number of piperidine rings is 1. The fraction of sp³-hybridized carbons (Fsp3) is 0.611. The molecule has 2 aliphatic heterocycles. The van der Waals surface area contributed by atoms with Crippen LogP contribution in [0.3, 0.4) is 0 Å². The van der Waals surface area contributed by atoms with Crippen molar-refractivity contribution < 1.29 is 9.90 Å². The lowest BCUT2D eigenvalue weighted by Crippen LogP contribution is -2.39. The highest BCUT2D eigenvalue weighted by molar-refractivity contribution is 7.08. The number of carbonyl (C=O) groups excluding carboxylic acids is 1. The van der Waals surface area contributed by atoms with Gasteiger partial charge in [-0.25, -0.2) is 4.68 Å². The number of nitrogens with zero attached hydrogens (tertiary/aromatic N) is 5. The van der Waals surface area contributed by atoms with Crippen LogP contribution in [0, 0.1) is 0 Å². The Bertz CT molecular complexity index is 724. The molecule has 0 radical (unpaired) electrons. The smallest absolute Gasteiger partial charge is 0.227 e. The fourth-order valence-electron chi connectivity index (χ4n) is 3.81. The van der Waals surface area contributed by atoms with Gasteiger partial charge in [0.2, 0.25) is 5.91 Å². The highest BCUT2D eigenvalue weighted by atomic mass is 32.1. The van der Waals surface area contributed by atoms with Gasteiger partial charge < -0.3 is 10.0 Å². The molecular weight excluding hydrogens is 350 g/mol. The van der Waals surface area contributed by atoms with Crippen LogP contribution >= 0.6 is 11.3 Å². The highest BCUT2D eigenvalue weighted by Crippen LogP contribution is 2.23. The minimum Gasteiger partial charge on any atom is -0.392 e. The van der Waals surface area contributed by atoms with Crippen LogP contribution in [0.1, 0.15) is 36.6 Å². The van der Waals surface area contributed by atoms with Crippen molar-refractivity contribution in [2.45, 2.75) is 44.4 Å². The summed E-state index contributed by atoms with van der Waals surface area (Å²) in [6.07, 6.45) is 5.00. The average Bonchev–Trinajstić information content (AvgIpc) is 3.39. The number of aliphatic hydroxyl groups is 1. The van der Waals surface area contributed by atoms with Crippen molar-refractivity contribution in [1.29, 1.82) is 0 Å². The summed E-state index contributed by atoms with van der Waals surface area (Å²) in [7, 11) is 0. The minimum atomic E-state index is -0.207. The van der Waals surface area contributed by atoms with E-state index in [2.05, 4.69) is 15.2 Å². The molecule has 4 heterocycles. The molecule has 0 saturated carbocycles. The Hall–Kier alpha value is -1.77. The Morgan fingerprint density at radius 2 is 2.12 bits per heavy atom. The second-order valence-corrected chi connectivity index (χ2v) is 8.07. The van der Waals surface area contributed by atoms with E-state index >= 15 is 0 Å². The third kappa shape index (κ3) is 4.13. The van der Waals surface area contributed by atoms with E-state index < -0.39 is 0 Å². The second-order valence-electron chi connectivity index (χ2n) is 7.29. The number of amides is 1. The standard InChI is InChI=1S/C18H25N5O2S/c24-17-3-5-21(12-17)10-15-11-23(20-19-15)16-1-6-22(7-2-16)18(25)9-14-4-8-26-13-14/h4,8,11,13,16-17,24H,1-3,5-7,9-10,12H2/t17-/m1/s1. The van der Waals surface area contributed by atoms with Gasteiger partial charge in [-0.15, -0.1) is 5.10 Å². The van der Waals surface area contributed by atoms with Crippen molar-refractivity contribution in [1.82, 2.24) is 24.8 Å². The first-order valence-corrected chi connectivity index (χ1v) is 10.2. The zero-order valence-electron chi connectivity index (χ0n) is 14.8. The third-order valence-electron chi connectivity index (χ3n) is 5.32. The van der Waals surface area contributed by atoms with E-state index in [4.69, 9.17) is 0 Å². The Balaban J connectivity index is 1.27. The van der Waals surface area contributed by atoms with Gasteiger partial charge >= 0.3 is 0 Å². The number of likely N-dealkylation sites (tertiary alicyclic amines) is 2. The quantitative estimate of drug-likeness (QED) is 0.853. The van der Waals surface area contributed by atoms with Crippen molar-refractivity contribution in [3.05, 3.63) is 34.3 Å². The number of thiophene rings is 1. The van der Waals surface area contributed by atoms with E-state index in [9.17, 15) is 9.90 Å². The van der Waals surface area contributed by atoms with Crippen molar-refractivity contribution in [3.8, 4) is 0 Å². The average molecular weight is 375 g/mol. The van der Waals surface area contributed by atoms with Gasteiger partial charge in [-0.2, -0.15) is 11.3 Å².